The molecule has 106 valence electrons. The highest BCUT2D eigenvalue weighted by Crippen LogP contribution is 2.05. The number of anilines is 1. The predicted molar refractivity (Wildman–Crippen MR) is 96.9 cm³/mol. The van der Waals surface area contributed by atoms with Crippen LogP contribution in [0.5, 0.6) is 0 Å². The second kappa shape index (κ2) is 8.58. The molecule has 0 aliphatic rings. The number of halogens is 1. The minimum absolute atomic E-state index is 0. The Balaban J connectivity index is 0.00000200. The number of para-hydroxylation sites is 1. The third-order valence-electron chi connectivity index (χ3n) is 2.84. The van der Waals surface area contributed by atoms with Crippen molar-refractivity contribution in [3.8, 4) is 0 Å². The first-order valence-electron chi connectivity index (χ1n) is 6.36. The molecule has 0 aliphatic heterocycles. The molecule has 2 rings (SSSR count). The highest BCUT2D eigenvalue weighted by Gasteiger charge is 1.98. The van der Waals surface area contributed by atoms with Crippen molar-refractivity contribution in [3.05, 3.63) is 65.7 Å². The van der Waals surface area contributed by atoms with Gasteiger partial charge < -0.3 is 10.6 Å². The molecule has 3 nitrogen and oxygen atoms in total. The Bertz CT molecular complexity index is 535. The van der Waals surface area contributed by atoms with Crippen molar-refractivity contribution in [1.29, 1.82) is 0 Å². The average molecular weight is 381 g/mol. The number of guanidine groups is 1. The van der Waals surface area contributed by atoms with E-state index in [1.54, 1.807) is 7.05 Å². The standard InChI is InChI=1S/C16H19N3.HI/c1-13-8-10-14(11-9-13)12-18-16(17-2)19-15-6-4-3-5-7-15;/h3-11H,12H2,1-2H3,(H2,17,18,19);1H. The molecule has 2 N–H and O–H groups in total. The molecule has 0 atom stereocenters. The number of nitrogens with zero attached hydrogens (tertiary/aromatic N) is 1. The highest BCUT2D eigenvalue weighted by atomic mass is 127. The lowest BCUT2D eigenvalue weighted by atomic mass is 10.1. The Labute approximate surface area is 137 Å². The summed E-state index contributed by atoms with van der Waals surface area (Å²) in [7, 11) is 1.77. The van der Waals surface area contributed by atoms with E-state index >= 15 is 0 Å². The number of hydrogen-bond acceptors (Lipinski definition) is 1. The Morgan fingerprint density at radius 2 is 1.65 bits per heavy atom. The van der Waals surface area contributed by atoms with Gasteiger partial charge in [0.15, 0.2) is 5.96 Å². The van der Waals surface area contributed by atoms with E-state index in [9.17, 15) is 0 Å². The predicted octanol–water partition coefficient (Wildman–Crippen LogP) is 3.80. The molecule has 0 saturated heterocycles. The second-order valence-electron chi connectivity index (χ2n) is 4.40. The van der Waals surface area contributed by atoms with E-state index < -0.39 is 0 Å². The first-order chi connectivity index (χ1) is 9.28. The number of aryl methyl sites for hydroxylation is 1. The third kappa shape index (κ3) is 5.21. The maximum Gasteiger partial charge on any atom is 0.195 e. The van der Waals surface area contributed by atoms with Gasteiger partial charge in [-0.3, -0.25) is 4.99 Å². The number of nitrogens with one attached hydrogen (secondary N) is 2. The van der Waals surface area contributed by atoms with Crippen LogP contribution in [-0.2, 0) is 6.54 Å². The molecule has 0 saturated carbocycles. The Kier molecular flexibility index (Phi) is 7.08. The van der Waals surface area contributed by atoms with Gasteiger partial charge >= 0.3 is 0 Å². The minimum Gasteiger partial charge on any atom is -0.352 e. The van der Waals surface area contributed by atoms with E-state index in [1.807, 2.05) is 30.3 Å². The first-order valence-corrected chi connectivity index (χ1v) is 6.36. The largest absolute Gasteiger partial charge is 0.352 e. The van der Waals surface area contributed by atoms with Gasteiger partial charge in [-0.05, 0) is 24.6 Å². The lowest BCUT2D eigenvalue weighted by molar-refractivity contribution is 0.907. The van der Waals surface area contributed by atoms with Crippen LogP contribution in [0.2, 0.25) is 0 Å². The molecule has 4 heteroatoms. The smallest absolute Gasteiger partial charge is 0.195 e. The van der Waals surface area contributed by atoms with Crippen LogP contribution < -0.4 is 10.6 Å². The quantitative estimate of drug-likeness (QED) is 0.482. The van der Waals surface area contributed by atoms with E-state index in [0.717, 1.165) is 18.2 Å². The van der Waals surface area contributed by atoms with Crippen LogP contribution in [0.25, 0.3) is 0 Å². The van der Waals surface area contributed by atoms with Crippen LogP contribution in [0.4, 0.5) is 5.69 Å². The topological polar surface area (TPSA) is 36.4 Å². The van der Waals surface area contributed by atoms with Crippen molar-refractivity contribution < 1.29 is 0 Å². The minimum atomic E-state index is 0. The third-order valence-corrected chi connectivity index (χ3v) is 2.84. The zero-order chi connectivity index (χ0) is 13.5. The van der Waals surface area contributed by atoms with E-state index in [4.69, 9.17) is 0 Å². The van der Waals surface area contributed by atoms with Crippen LogP contribution >= 0.6 is 24.0 Å². The van der Waals surface area contributed by atoms with Gasteiger partial charge in [-0.2, -0.15) is 0 Å². The van der Waals surface area contributed by atoms with Gasteiger partial charge in [-0.1, -0.05) is 48.0 Å². The molecule has 0 heterocycles. The van der Waals surface area contributed by atoms with E-state index in [2.05, 4.69) is 46.8 Å². The van der Waals surface area contributed by atoms with Crippen LogP contribution in [0.1, 0.15) is 11.1 Å². The molecule has 0 aromatic heterocycles. The summed E-state index contributed by atoms with van der Waals surface area (Å²) in [6.45, 7) is 2.85. The fourth-order valence-electron chi connectivity index (χ4n) is 1.73. The zero-order valence-electron chi connectivity index (χ0n) is 11.8. The average Bonchev–Trinajstić information content (AvgIpc) is 2.46. The summed E-state index contributed by atoms with van der Waals surface area (Å²) in [5, 5.41) is 6.54. The normalized spacial score (nSPS) is 10.6. The second-order valence-corrected chi connectivity index (χ2v) is 4.40. The number of hydrogen-bond donors (Lipinski definition) is 2. The van der Waals surface area contributed by atoms with Crippen molar-refractivity contribution in [2.24, 2.45) is 4.99 Å². The molecular weight excluding hydrogens is 361 g/mol. The molecule has 0 bridgehead atoms. The van der Waals surface area contributed by atoms with Gasteiger partial charge in [0.05, 0.1) is 0 Å². The maximum absolute atomic E-state index is 4.21. The van der Waals surface area contributed by atoms with Crippen molar-refractivity contribution in [1.82, 2.24) is 5.32 Å². The SMILES string of the molecule is CN=C(NCc1ccc(C)cc1)Nc1ccccc1.I. The molecule has 20 heavy (non-hydrogen) atoms. The summed E-state index contributed by atoms with van der Waals surface area (Å²) in [4.78, 5) is 4.21. The summed E-state index contributed by atoms with van der Waals surface area (Å²) in [5.74, 6) is 0.770. The molecule has 0 radical (unpaired) electrons. The first kappa shape index (κ1) is 16.5. The lowest BCUT2D eigenvalue weighted by Crippen LogP contribution is -2.30. The Morgan fingerprint density at radius 3 is 2.25 bits per heavy atom. The van der Waals surface area contributed by atoms with Crippen LogP contribution in [0.3, 0.4) is 0 Å². The van der Waals surface area contributed by atoms with Crippen molar-refractivity contribution in [2.45, 2.75) is 13.5 Å². The summed E-state index contributed by atoms with van der Waals surface area (Å²) in [6.07, 6.45) is 0. The Hall–Kier alpha value is -1.56. The van der Waals surface area contributed by atoms with Gasteiger partial charge in [0.25, 0.3) is 0 Å². The molecular formula is C16H20IN3. The van der Waals surface area contributed by atoms with E-state index in [-0.39, 0.29) is 24.0 Å². The summed E-state index contributed by atoms with van der Waals surface area (Å²) >= 11 is 0. The zero-order valence-corrected chi connectivity index (χ0v) is 14.1. The lowest BCUT2D eigenvalue weighted by Gasteiger charge is -2.12. The fraction of sp³-hybridized carbons (Fsp3) is 0.188. The maximum atomic E-state index is 4.21. The van der Waals surface area contributed by atoms with E-state index in [0.29, 0.717) is 0 Å². The molecule has 0 unspecified atom stereocenters. The van der Waals surface area contributed by atoms with Crippen LogP contribution in [0, 0.1) is 6.92 Å². The monoisotopic (exact) mass is 381 g/mol. The van der Waals surface area contributed by atoms with Gasteiger partial charge in [-0.25, -0.2) is 0 Å². The highest BCUT2D eigenvalue weighted by molar-refractivity contribution is 14.0. The molecule has 0 aliphatic carbocycles. The van der Waals surface area contributed by atoms with Gasteiger partial charge in [0.1, 0.15) is 0 Å². The van der Waals surface area contributed by atoms with Crippen LogP contribution in [0.15, 0.2) is 59.6 Å². The van der Waals surface area contributed by atoms with Gasteiger partial charge in [0.2, 0.25) is 0 Å². The van der Waals surface area contributed by atoms with E-state index in [1.165, 1.54) is 11.1 Å². The molecule has 0 spiro atoms. The molecule has 2 aromatic carbocycles. The molecule has 0 amide bonds. The summed E-state index contributed by atoms with van der Waals surface area (Å²) in [5.41, 5.74) is 3.54. The van der Waals surface area contributed by atoms with Crippen molar-refractivity contribution in [3.63, 3.8) is 0 Å². The Morgan fingerprint density at radius 1 is 1.00 bits per heavy atom. The molecule has 0 fully saturated rings. The number of rotatable bonds is 3. The van der Waals surface area contributed by atoms with Gasteiger partial charge in [0, 0.05) is 19.3 Å². The number of aliphatic imine (C=N–C) groups is 1. The fourth-order valence-corrected chi connectivity index (χ4v) is 1.73. The van der Waals surface area contributed by atoms with Crippen molar-refractivity contribution in [2.75, 3.05) is 12.4 Å². The number of benzene rings is 2. The summed E-state index contributed by atoms with van der Waals surface area (Å²) in [6, 6.07) is 18.5. The summed E-state index contributed by atoms with van der Waals surface area (Å²) < 4.78 is 0. The van der Waals surface area contributed by atoms with Gasteiger partial charge in [-0.15, -0.1) is 24.0 Å². The van der Waals surface area contributed by atoms with Crippen molar-refractivity contribution >= 4 is 35.6 Å². The van der Waals surface area contributed by atoms with Crippen LogP contribution in [-0.4, -0.2) is 13.0 Å². The molecule has 2 aromatic rings.